The van der Waals surface area contributed by atoms with Crippen LogP contribution in [0.2, 0.25) is 0 Å². The molecule has 2 saturated carbocycles. The van der Waals surface area contributed by atoms with Crippen LogP contribution in [0.4, 0.5) is 0 Å². The Hall–Kier alpha value is -0.160. The van der Waals surface area contributed by atoms with E-state index in [4.69, 9.17) is 20.9 Å². The summed E-state index contributed by atoms with van der Waals surface area (Å²) < 4.78 is 11.7. The van der Waals surface area contributed by atoms with Crippen molar-refractivity contribution in [1.29, 1.82) is 0 Å². The minimum absolute atomic E-state index is 0.334. The first-order valence-electron chi connectivity index (χ1n) is 7.48. The van der Waals surface area contributed by atoms with E-state index in [-0.39, 0.29) is 0 Å². The van der Waals surface area contributed by atoms with Gasteiger partial charge in [0.05, 0.1) is 25.4 Å². The molecule has 4 nitrogen and oxygen atoms in total. The third-order valence-corrected chi connectivity index (χ3v) is 4.12. The molecule has 0 aliphatic heterocycles. The molecule has 0 heterocycles. The first-order valence-corrected chi connectivity index (χ1v) is 7.48. The number of rotatable bonds is 5. The Morgan fingerprint density at radius 2 is 1.17 bits per heavy atom. The van der Waals surface area contributed by atoms with Crippen molar-refractivity contribution in [3.05, 3.63) is 0 Å². The van der Waals surface area contributed by atoms with E-state index in [0.29, 0.717) is 37.5 Å². The fraction of sp³-hybridized carbons (Fsp3) is 1.00. The zero-order valence-corrected chi connectivity index (χ0v) is 11.4. The molecule has 4 unspecified atom stereocenters. The molecule has 0 spiro atoms. The van der Waals surface area contributed by atoms with Crippen LogP contribution in [-0.4, -0.2) is 37.5 Å². The topological polar surface area (TPSA) is 70.5 Å². The van der Waals surface area contributed by atoms with Crippen molar-refractivity contribution in [1.82, 2.24) is 0 Å². The van der Waals surface area contributed by atoms with Gasteiger partial charge in [0.2, 0.25) is 0 Å². The largest absolute Gasteiger partial charge is 0.376 e. The Bertz CT molecular complexity index is 214. The summed E-state index contributed by atoms with van der Waals surface area (Å²) in [5.41, 5.74) is 11.9. The Morgan fingerprint density at radius 3 is 1.56 bits per heavy atom. The lowest BCUT2D eigenvalue weighted by molar-refractivity contribution is -0.0434. The van der Waals surface area contributed by atoms with Gasteiger partial charge in [-0.1, -0.05) is 0 Å². The molecule has 2 aliphatic rings. The SMILES string of the molecule is NC1CCCC(OCCOC2CCCC(N)C2)C1. The van der Waals surface area contributed by atoms with E-state index in [1.807, 2.05) is 0 Å². The fourth-order valence-electron chi connectivity index (χ4n) is 3.09. The number of hydrogen-bond donors (Lipinski definition) is 2. The van der Waals surface area contributed by atoms with Crippen molar-refractivity contribution in [3.63, 3.8) is 0 Å². The summed E-state index contributed by atoms with van der Waals surface area (Å²) in [5, 5.41) is 0. The van der Waals surface area contributed by atoms with Crippen LogP contribution in [0.25, 0.3) is 0 Å². The zero-order valence-electron chi connectivity index (χ0n) is 11.4. The van der Waals surface area contributed by atoms with E-state index >= 15 is 0 Å². The molecule has 0 saturated heterocycles. The Balaban J connectivity index is 1.52. The monoisotopic (exact) mass is 256 g/mol. The van der Waals surface area contributed by atoms with E-state index < -0.39 is 0 Å². The molecule has 0 radical (unpaired) electrons. The fourth-order valence-corrected chi connectivity index (χ4v) is 3.09. The van der Waals surface area contributed by atoms with Crippen LogP contribution >= 0.6 is 0 Å². The van der Waals surface area contributed by atoms with Crippen LogP contribution in [0, 0.1) is 0 Å². The minimum Gasteiger partial charge on any atom is -0.376 e. The van der Waals surface area contributed by atoms with Crippen molar-refractivity contribution in [2.75, 3.05) is 13.2 Å². The van der Waals surface area contributed by atoms with Crippen LogP contribution in [0.15, 0.2) is 0 Å². The van der Waals surface area contributed by atoms with Crippen LogP contribution < -0.4 is 11.5 Å². The highest BCUT2D eigenvalue weighted by atomic mass is 16.5. The second-order valence-corrected chi connectivity index (χ2v) is 5.84. The quantitative estimate of drug-likeness (QED) is 0.732. The van der Waals surface area contributed by atoms with Gasteiger partial charge in [-0.2, -0.15) is 0 Å². The van der Waals surface area contributed by atoms with Crippen molar-refractivity contribution >= 4 is 0 Å². The maximum atomic E-state index is 5.94. The summed E-state index contributed by atoms with van der Waals surface area (Å²) in [7, 11) is 0. The Labute approximate surface area is 110 Å². The maximum absolute atomic E-state index is 5.94. The summed E-state index contributed by atoms with van der Waals surface area (Å²) in [6.45, 7) is 1.40. The maximum Gasteiger partial charge on any atom is 0.0704 e. The number of nitrogens with two attached hydrogens (primary N) is 2. The summed E-state index contributed by atoms with van der Waals surface area (Å²) in [4.78, 5) is 0. The highest BCUT2D eigenvalue weighted by Gasteiger charge is 2.21. The normalized spacial score (nSPS) is 37.7. The first kappa shape index (κ1) is 14.3. The minimum atomic E-state index is 0.334. The molecule has 106 valence electrons. The second-order valence-electron chi connectivity index (χ2n) is 5.84. The highest BCUT2D eigenvalue weighted by Crippen LogP contribution is 2.21. The van der Waals surface area contributed by atoms with Gasteiger partial charge < -0.3 is 20.9 Å². The zero-order chi connectivity index (χ0) is 12.8. The lowest BCUT2D eigenvalue weighted by atomic mass is 9.93. The average molecular weight is 256 g/mol. The van der Waals surface area contributed by atoms with E-state index in [1.165, 1.54) is 12.8 Å². The van der Waals surface area contributed by atoms with Crippen LogP contribution in [-0.2, 0) is 9.47 Å². The predicted molar refractivity (Wildman–Crippen MR) is 72.4 cm³/mol. The van der Waals surface area contributed by atoms with Gasteiger partial charge >= 0.3 is 0 Å². The lowest BCUT2D eigenvalue weighted by Crippen LogP contribution is -2.34. The van der Waals surface area contributed by atoms with Crippen LogP contribution in [0.3, 0.4) is 0 Å². The third-order valence-electron chi connectivity index (χ3n) is 4.12. The van der Waals surface area contributed by atoms with Crippen molar-refractivity contribution < 1.29 is 9.47 Å². The molecule has 4 heteroatoms. The molecular formula is C14H28N2O2. The number of ether oxygens (including phenoxy) is 2. The van der Waals surface area contributed by atoms with Crippen molar-refractivity contribution in [3.8, 4) is 0 Å². The summed E-state index contributed by atoms with van der Waals surface area (Å²) in [6, 6.07) is 0.669. The molecule has 2 aliphatic carbocycles. The van der Waals surface area contributed by atoms with Crippen molar-refractivity contribution in [2.45, 2.75) is 75.7 Å². The van der Waals surface area contributed by atoms with Gasteiger partial charge in [0.15, 0.2) is 0 Å². The van der Waals surface area contributed by atoms with E-state index in [2.05, 4.69) is 0 Å². The summed E-state index contributed by atoms with van der Waals surface area (Å²) in [5.74, 6) is 0. The van der Waals surface area contributed by atoms with E-state index in [0.717, 1.165) is 38.5 Å². The van der Waals surface area contributed by atoms with Gasteiger partial charge in [-0.3, -0.25) is 0 Å². The summed E-state index contributed by atoms with van der Waals surface area (Å²) >= 11 is 0. The van der Waals surface area contributed by atoms with Gasteiger partial charge in [0.1, 0.15) is 0 Å². The van der Waals surface area contributed by atoms with Gasteiger partial charge in [0.25, 0.3) is 0 Å². The molecule has 18 heavy (non-hydrogen) atoms. The molecular weight excluding hydrogens is 228 g/mol. The van der Waals surface area contributed by atoms with Crippen molar-refractivity contribution in [2.24, 2.45) is 11.5 Å². The van der Waals surface area contributed by atoms with Crippen LogP contribution in [0.5, 0.6) is 0 Å². The van der Waals surface area contributed by atoms with Gasteiger partial charge in [0, 0.05) is 12.1 Å². The van der Waals surface area contributed by atoms with Gasteiger partial charge in [-0.05, 0) is 51.4 Å². The van der Waals surface area contributed by atoms with Gasteiger partial charge in [-0.25, -0.2) is 0 Å². The van der Waals surface area contributed by atoms with Gasteiger partial charge in [-0.15, -0.1) is 0 Å². The number of hydrogen-bond acceptors (Lipinski definition) is 4. The molecule has 0 aromatic rings. The Kier molecular flexibility index (Phi) is 5.89. The standard InChI is InChI=1S/C14H28N2O2/c15-11-3-1-5-13(9-11)17-7-8-18-14-6-2-4-12(16)10-14/h11-14H,1-10,15-16H2. The lowest BCUT2D eigenvalue weighted by Gasteiger charge is -2.28. The molecule has 0 amide bonds. The molecule has 0 aromatic heterocycles. The van der Waals surface area contributed by atoms with Crippen LogP contribution in [0.1, 0.15) is 51.4 Å². The molecule has 4 N–H and O–H groups in total. The predicted octanol–water partition coefficient (Wildman–Crippen LogP) is 1.56. The first-order chi connectivity index (χ1) is 8.74. The average Bonchev–Trinajstić information content (AvgIpc) is 2.35. The molecule has 2 rings (SSSR count). The summed E-state index contributed by atoms with van der Waals surface area (Å²) in [6.07, 6.45) is 9.73. The molecule has 0 bridgehead atoms. The Morgan fingerprint density at radius 1 is 0.722 bits per heavy atom. The highest BCUT2D eigenvalue weighted by molar-refractivity contribution is 4.76. The molecule has 2 fully saturated rings. The molecule has 0 aromatic carbocycles. The second kappa shape index (κ2) is 7.43. The van der Waals surface area contributed by atoms with E-state index in [9.17, 15) is 0 Å². The van der Waals surface area contributed by atoms with E-state index in [1.54, 1.807) is 0 Å². The molecule has 4 atom stereocenters. The third kappa shape index (κ3) is 4.84. The smallest absolute Gasteiger partial charge is 0.0704 e.